The highest BCUT2D eigenvalue weighted by Gasteiger charge is 2.31. The predicted octanol–water partition coefficient (Wildman–Crippen LogP) is 1.88. The lowest BCUT2D eigenvalue weighted by Crippen LogP contribution is -2.28. The standard InChI is InChI=1S/C16H13ClN4O3/c1-24-16(23)12-6-11-14(19-12)13-10(7-18-11)15(22)21(20-13)9-4-2-8(17)3-5-9/h2-5,7,12,19-20H,6H2,1H3. The Hall–Kier alpha value is -2.80. The molecule has 3 aromatic rings. The number of aromatic nitrogens is 3. The van der Waals surface area contributed by atoms with E-state index in [1.807, 2.05) is 0 Å². The zero-order valence-electron chi connectivity index (χ0n) is 12.7. The Labute approximate surface area is 141 Å². The van der Waals surface area contributed by atoms with E-state index in [4.69, 9.17) is 16.3 Å². The summed E-state index contributed by atoms with van der Waals surface area (Å²) in [5.41, 5.74) is 2.45. The first-order valence-corrected chi connectivity index (χ1v) is 7.69. The molecule has 0 radical (unpaired) electrons. The number of hydrogen-bond acceptors (Lipinski definition) is 5. The van der Waals surface area contributed by atoms with E-state index in [0.29, 0.717) is 33.7 Å². The Morgan fingerprint density at radius 3 is 2.83 bits per heavy atom. The van der Waals surface area contributed by atoms with Crippen molar-refractivity contribution in [3.8, 4) is 5.69 Å². The maximum Gasteiger partial charge on any atom is 0.328 e. The summed E-state index contributed by atoms with van der Waals surface area (Å²) >= 11 is 5.89. The summed E-state index contributed by atoms with van der Waals surface area (Å²) in [4.78, 5) is 28.7. The van der Waals surface area contributed by atoms with Gasteiger partial charge in [0.1, 0.15) is 6.04 Å². The van der Waals surface area contributed by atoms with Gasteiger partial charge in [0.05, 0.1) is 35.1 Å². The lowest BCUT2D eigenvalue weighted by atomic mass is 10.2. The average Bonchev–Trinajstić information content (AvgIpc) is 3.16. The summed E-state index contributed by atoms with van der Waals surface area (Å²) in [5, 5.41) is 7.21. The molecule has 0 aliphatic carbocycles. The maximum atomic E-state index is 12.6. The van der Waals surface area contributed by atoms with Crippen LogP contribution in [0.2, 0.25) is 5.02 Å². The molecule has 2 N–H and O–H groups in total. The van der Waals surface area contributed by atoms with Gasteiger partial charge in [0.2, 0.25) is 0 Å². The molecule has 0 amide bonds. The largest absolute Gasteiger partial charge is 0.467 e. The van der Waals surface area contributed by atoms with Crippen molar-refractivity contribution in [2.75, 3.05) is 12.4 Å². The Kier molecular flexibility index (Phi) is 3.31. The number of pyridine rings is 1. The normalized spacial score (nSPS) is 16.0. The molecule has 4 rings (SSSR count). The predicted molar refractivity (Wildman–Crippen MR) is 89.8 cm³/mol. The first-order valence-electron chi connectivity index (χ1n) is 7.31. The molecule has 0 bridgehead atoms. The summed E-state index contributed by atoms with van der Waals surface area (Å²) in [6, 6.07) is 6.42. The molecule has 2 aromatic heterocycles. The molecule has 3 heterocycles. The van der Waals surface area contributed by atoms with Crippen molar-refractivity contribution in [1.29, 1.82) is 0 Å². The molecule has 0 spiro atoms. The molecule has 1 atom stereocenters. The van der Waals surface area contributed by atoms with E-state index in [1.165, 1.54) is 18.0 Å². The van der Waals surface area contributed by atoms with Crippen molar-refractivity contribution in [3.63, 3.8) is 0 Å². The van der Waals surface area contributed by atoms with E-state index >= 15 is 0 Å². The van der Waals surface area contributed by atoms with Crippen LogP contribution in [0.3, 0.4) is 0 Å². The number of esters is 1. The van der Waals surface area contributed by atoms with Gasteiger partial charge in [-0.3, -0.25) is 14.9 Å². The number of nitrogens with one attached hydrogen (secondary N) is 2. The number of H-pyrrole nitrogens is 1. The molecule has 7 nitrogen and oxygen atoms in total. The molecule has 0 saturated carbocycles. The molecule has 8 heteroatoms. The van der Waals surface area contributed by atoms with Crippen LogP contribution in [-0.4, -0.2) is 33.9 Å². The van der Waals surface area contributed by atoms with E-state index in [-0.39, 0.29) is 11.5 Å². The van der Waals surface area contributed by atoms with Gasteiger partial charge in [-0.15, -0.1) is 0 Å². The van der Waals surface area contributed by atoms with Crippen molar-refractivity contribution in [1.82, 2.24) is 14.8 Å². The van der Waals surface area contributed by atoms with Crippen LogP contribution in [0.25, 0.3) is 16.6 Å². The molecule has 1 aromatic carbocycles. The quantitative estimate of drug-likeness (QED) is 0.693. The molecule has 1 aliphatic heterocycles. The second-order valence-electron chi connectivity index (χ2n) is 5.52. The molecule has 1 aliphatic rings. The van der Waals surface area contributed by atoms with Gasteiger partial charge >= 0.3 is 5.97 Å². The summed E-state index contributed by atoms with van der Waals surface area (Å²) < 4.78 is 6.19. The zero-order chi connectivity index (χ0) is 16.8. The summed E-state index contributed by atoms with van der Waals surface area (Å²) in [6.07, 6.45) is 1.95. The molecular formula is C16H13ClN4O3. The van der Waals surface area contributed by atoms with Crippen LogP contribution in [0.1, 0.15) is 5.69 Å². The van der Waals surface area contributed by atoms with Crippen LogP contribution in [0.15, 0.2) is 35.3 Å². The van der Waals surface area contributed by atoms with Crippen molar-refractivity contribution < 1.29 is 9.53 Å². The summed E-state index contributed by atoms with van der Waals surface area (Å²) in [7, 11) is 1.34. The minimum absolute atomic E-state index is 0.217. The summed E-state index contributed by atoms with van der Waals surface area (Å²) in [6.45, 7) is 0. The van der Waals surface area contributed by atoms with Crippen molar-refractivity contribution in [2.24, 2.45) is 0 Å². The third-order valence-electron chi connectivity index (χ3n) is 4.10. The van der Waals surface area contributed by atoms with Gasteiger partial charge in [0.25, 0.3) is 5.56 Å². The minimum Gasteiger partial charge on any atom is -0.467 e. The van der Waals surface area contributed by atoms with Crippen LogP contribution in [0, 0.1) is 0 Å². The van der Waals surface area contributed by atoms with Gasteiger partial charge in [-0.1, -0.05) is 11.6 Å². The number of rotatable bonds is 2. The zero-order valence-corrected chi connectivity index (χ0v) is 13.4. The number of aromatic amines is 1. The van der Waals surface area contributed by atoms with Gasteiger partial charge < -0.3 is 10.1 Å². The Morgan fingerprint density at radius 1 is 1.38 bits per heavy atom. The smallest absolute Gasteiger partial charge is 0.328 e. The van der Waals surface area contributed by atoms with E-state index < -0.39 is 6.04 Å². The number of halogens is 1. The number of anilines is 1. The van der Waals surface area contributed by atoms with Gasteiger partial charge in [0, 0.05) is 17.6 Å². The number of benzene rings is 1. The second kappa shape index (κ2) is 5.38. The second-order valence-corrected chi connectivity index (χ2v) is 5.96. The Balaban J connectivity index is 1.85. The first-order chi connectivity index (χ1) is 11.6. The SMILES string of the molecule is COC(=O)C1Cc2ncc3c(=O)n(-c4ccc(Cl)cc4)[nH]c3c2N1. The van der Waals surface area contributed by atoms with Crippen LogP contribution < -0.4 is 10.9 Å². The highest BCUT2D eigenvalue weighted by atomic mass is 35.5. The van der Waals surface area contributed by atoms with Crippen LogP contribution in [0.5, 0.6) is 0 Å². The molecule has 1 unspecified atom stereocenters. The molecular weight excluding hydrogens is 332 g/mol. The van der Waals surface area contributed by atoms with Gasteiger partial charge in [0.15, 0.2) is 0 Å². The minimum atomic E-state index is -0.495. The average molecular weight is 345 g/mol. The van der Waals surface area contributed by atoms with E-state index in [1.54, 1.807) is 24.3 Å². The van der Waals surface area contributed by atoms with Gasteiger partial charge in [-0.2, -0.15) is 0 Å². The molecule has 0 fully saturated rings. The van der Waals surface area contributed by atoms with E-state index in [0.717, 1.165) is 5.69 Å². The Morgan fingerprint density at radius 2 is 2.12 bits per heavy atom. The fourth-order valence-corrected chi connectivity index (χ4v) is 3.02. The van der Waals surface area contributed by atoms with E-state index in [2.05, 4.69) is 15.4 Å². The lowest BCUT2D eigenvalue weighted by Gasteiger charge is -2.07. The number of hydrogen-bond donors (Lipinski definition) is 2. The maximum absolute atomic E-state index is 12.6. The number of methoxy groups -OCH3 is 1. The molecule has 122 valence electrons. The fraction of sp³-hybridized carbons (Fsp3) is 0.188. The van der Waals surface area contributed by atoms with Crippen molar-refractivity contribution in [3.05, 3.63) is 51.5 Å². The fourth-order valence-electron chi connectivity index (χ4n) is 2.90. The van der Waals surface area contributed by atoms with Crippen molar-refractivity contribution >= 4 is 34.2 Å². The van der Waals surface area contributed by atoms with E-state index in [9.17, 15) is 9.59 Å². The lowest BCUT2D eigenvalue weighted by molar-refractivity contribution is -0.141. The van der Waals surface area contributed by atoms with Crippen LogP contribution in [0.4, 0.5) is 5.69 Å². The number of fused-ring (bicyclic) bond motifs is 3. The highest BCUT2D eigenvalue weighted by Crippen LogP contribution is 2.30. The third kappa shape index (κ3) is 2.16. The number of nitrogens with zero attached hydrogens (tertiary/aromatic N) is 2. The summed E-state index contributed by atoms with van der Waals surface area (Å²) in [5.74, 6) is -0.361. The number of carbonyl (C=O) groups excluding carboxylic acids is 1. The number of ether oxygens (including phenoxy) is 1. The number of carbonyl (C=O) groups is 1. The molecule has 24 heavy (non-hydrogen) atoms. The van der Waals surface area contributed by atoms with Crippen LogP contribution in [-0.2, 0) is 16.0 Å². The van der Waals surface area contributed by atoms with Crippen LogP contribution >= 0.6 is 11.6 Å². The highest BCUT2D eigenvalue weighted by molar-refractivity contribution is 6.30. The van der Waals surface area contributed by atoms with Crippen molar-refractivity contribution in [2.45, 2.75) is 12.5 Å². The Bertz CT molecular complexity index is 1010. The monoisotopic (exact) mass is 344 g/mol. The topological polar surface area (TPSA) is 89.0 Å². The van der Waals surface area contributed by atoms with Gasteiger partial charge in [-0.25, -0.2) is 9.48 Å². The first kappa shape index (κ1) is 14.8. The molecule has 0 saturated heterocycles. The third-order valence-corrected chi connectivity index (χ3v) is 4.35. The van der Waals surface area contributed by atoms with Gasteiger partial charge in [-0.05, 0) is 24.3 Å².